The molecule has 0 aromatic carbocycles. The van der Waals surface area contributed by atoms with Crippen molar-refractivity contribution in [2.24, 2.45) is 0 Å². The van der Waals surface area contributed by atoms with Crippen molar-refractivity contribution in [2.75, 3.05) is 0 Å². The largest absolute Gasteiger partial charge is 1.00 e. The van der Waals surface area contributed by atoms with Gasteiger partial charge in [0.25, 0.3) is 0 Å². The molecule has 0 radical (unpaired) electrons. The van der Waals surface area contributed by atoms with Crippen LogP contribution < -0.4 is 88.7 Å². The van der Waals surface area contributed by atoms with Gasteiger partial charge < -0.3 is 13.9 Å². The molecule has 0 heterocycles. The third-order valence-corrected chi connectivity index (χ3v) is 18.1. The zero-order chi connectivity index (χ0) is 23.1. The van der Waals surface area contributed by atoms with Crippen molar-refractivity contribution in [1.29, 1.82) is 0 Å². The monoisotopic (exact) mass is 549 g/mol. The second-order valence-electron chi connectivity index (χ2n) is 13.4. The Labute approximate surface area is 266 Å². The molecular weight excluding hydrogens is 496 g/mol. The molecule has 0 spiro atoms. The SMILES string of the molecule is C[Si](C)(C)[N-][Si](C)(C)C.C[Si](C)(C)[N-][Si](C)(C)C.C[Si](C)(C)[N-][Si](C)(C)C.[Na+].[Na+].[Na+]. The van der Waals surface area contributed by atoms with Gasteiger partial charge in [0.1, 0.15) is 0 Å². The second kappa shape index (κ2) is 18.4. The van der Waals surface area contributed by atoms with E-state index in [-0.39, 0.29) is 88.7 Å². The van der Waals surface area contributed by atoms with Crippen molar-refractivity contribution in [3.8, 4) is 0 Å². The summed E-state index contributed by atoms with van der Waals surface area (Å²) >= 11 is 0. The molecule has 12 heteroatoms. The van der Waals surface area contributed by atoms with Crippen molar-refractivity contribution < 1.29 is 88.7 Å². The van der Waals surface area contributed by atoms with Gasteiger partial charge in [0.15, 0.2) is 0 Å². The summed E-state index contributed by atoms with van der Waals surface area (Å²) in [6, 6.07) is 0. The molecule has 0 saturated carbocycles. The summed E-state index contributed by atoms with van der Waals surface area (Å²) in [4.78, 5) is 0. The molecule has 0 aromatic rings. The first kappa shape index (κ1) is 47.4. The molecule has 0 unspecified atom stereocenters. The van der Waals surface area contributed by atoms with E-state index in [0.29, 0.717) is 0 Å². The minimum atomic E-state index is -1.11. The Kier molecular flexibility index (Phi) is 29.1. The Morgan fingerprint density at radius 3 is 0.300 bits per heavy atom. The van der Waals surface area contributed by atoms with Gasteiger partial charge in [-0.1, -0.05) is 167 Å². The Bertz CT molecular complexity index is 305. The van der Waals surface area contributed by atoms with Crippen LogP contribution in [0.5, 0.6) is 0 Å². The first-order chi connectivity index (χ1) is 11.1. The topological polar surface area (TPSA) is 42.3 Å². The number of nitrogens with zero attached hydrogens (tertiary/aromatic N) is 3. The van der Waals surface area contributed by atoms with Crippen LogP contribution in [0.4, 0.5) is 0 Å². The van der Waals surface area contributed by atoms with Gasteiger partial charge in [-0.15, -0.1) is 0 Å². The first-order valence-electron chi connectivity index (χ1n) is 10.3. The fraction of sp³-hybridized carbons (Fsp3) is 1.00. The Balaban J connectivity index is -0.0000000686. The first-order valence-corrected chi connectivity index (χ1v) is 31.0. The van der Waals surface area contributed by atoms with E-state index in [9.17, 15) is 0 Å². The van der Waals surface area contributed by atoms with Crippen LogP contribution in [0.1, 0.15) is 0 Å². The standard InChI is InChI=1S/3C6H18NSi2.3Na/c3*1-8(2,3)7-9(4,5)6;;;/h3*1-6H3;;;/q3*-1;3*+1. The van der Waals surface area contributed by atoms with Gasteiger partial charge in [-0.3, -0.25) is 0 Å². The second-order valence-corrected chi connectivity index (χ2v) is 42.1. The summed E-state index contributed by atoms with van der Waals surface area (Å²) in [6.45, 7) is 41.3. The maximum atomic E-state index is 4.82. The molecule has 0 saturated heterocycles. The maximum absolute atomic E-state index is 4.82. The average molecular weight is 550 g/mol. The molecule has 0 aliphatic heterocycles. The predicted molar refractivity (Wildman–Crippen MR) is 150 cm³/mol. The zero-order valence-electron chi connectivity index (χ0n) is 25.3. The molecule has 0 N–H and O–H groups in total. The molecule has 0 aromatic heterocycles. The molecule has 0 rings (SSSR count). The minimum absolute atomic E-state index is 0. The number of hydrogen-bond donors (Lipinski definition) is 0. The quantitative estimate of drug-likeness (QED) is 0.422. The summed E-state index contributed by atoms with van der Waals surface area (Å²) in [5, 5.41) is 0. The number of rotatable bonds is 6. The third-order valence-electron chi connectivity index (χ3n) is 2.01. The summed E-state index contributed by atoms with van der Waals surface area (Å²) in [6.07, 6.45) is 0. The molecule has 0 aliphatic rings. The van der Waals surface area contributed by atoms with Gasteiger partial charge in [0, 0.05) is 0 Å². The van der Waals surface area contributed by atoms with Gasteiger partial charge in [-0.05, 0) is 0 Å². The minimum Gasteiger partial charge on any atom is -0.668 e. The van der Waals surface area contributed by atoms with Crippen molar-refractivity contribution >= 4 is 49.4 Å². The summed E-state index contributed by atoms with van der Waals surface area (Å²) in [5.74, 6) is 0. The van der Waals surface area contributed by atoms with Crippen LogP contribution in [0.3, 0.4) is 0 Å². The molecule has 0 amide bonds. The Morgan fingerprint density at radius 1 is 0.233 bits per heavy atom. The van der Waals surface area contributed by atoms with E-state index in [1.807, 2.05) is 0 Å². The van der Waals surface area contributed by atoms with Crippen LogP contribution in [-0.2, 0) is 0 Å². The fourth-order valence-electron chi connectivity index (χ4n) is 3.02. The van der Waals surface area contributed by atoms with Gasteiger partial charge in [0.2, 0.25) is 0 Å². The van der Waals surface area contributed by atoms with Gasteiger partial charge in [-0.25, -0.2) is 0 Å². The zero-order valence-corrected chi connectivity index (χ0v) is 37.3. The Hall–Kier alpha value is 4.18. The van der Waals surface area contributed by atoms with Crippen molar-refractivity contribution in [1.82, 2.24) is 0 Å². The molecule has 0 atom stereocenters. The molecular formula is C18H54N3Na3Si6. The molecule has 0 fully saturated rings. The van der Waals surface area contributed by atoms with Gasteiger partial charge in [-0.2, -0.15) is 0 Å². The van der Waals surface area contributed by atoms with Gasteiger partial charge >= 0.3 is 88.7 Å². The van der Waals surface area contributed by atoms with Crippen molar-refractivity contribution in [3.05, 3.63) is 13.9 Å². The normalized spacial score (nSPS) is 12.6. The van der Waals surface area contributed by atoms with Crippen LogP contribution in [0, 0.1) is 0 Å². The molecule has 30 heavy (non-hydrogen) atoms. The maximum Gasteiger partial charge on any atom is 1.00 e. The molecule has 0 bridgehead atoms. The van der Waals surface area contributed by atoms with E-state index in [1.54, 1.807) is 0 Å². The van der Waals surface area contributed by atoms with Gasteiger partial charge in [0.05, 0.1) is 0 Å². The third kappa shape index (κ3) is 63.6. The van der Waals surface area contributed by atoms with Crippen molar-refractivity contribution in [2.45, 2.75) is 118 Å². The predicted octanol–water partition coefficient (Wildman–Crippen LogP) is 0.102. The van der Waals surface area contributed by atoms with Crippen LogP contribution in [-0.4, -0.2) is 49.4 Å². The van der Waals surface area contributed by atoms with E-state index in [2.05, 4.69) is 118 Å². The van der Waals surface area contributed by atoms with Crippen LogP contribution in [0.15, 0.2) is 0 Å². The van der Waals surface area contributed by atoms with E-state index in [4.69, 9.17) is 13.9 Å². The summed E-state index contributed by atoms with van der Waals surface area (Å²) in [5.41, 5.74) is 0. The fourth-order valence-corrected chi connectivity index (χ4v) is 27.2. The summed E-state index contributed by atoms with van der Waals surface area (Å²) in [7, 11) is -6.64. The van der Waals surface area contributed by atoms with E-state index in [0.717, 1.165) is 0 Å². The summed E-state index contributed by atoms with van der Waals surface area (Å²) < 4.78 is 14.5. The number of hydrogen-bond acceptors (Lipinski definition) is 0. The van der Waals surface area contributed by atoms with Crippen molar-refractivity contribution in [3.63, 3.8) is 0 Å². The molecule has 0 aliphatic carbocycles. The van der Waals surface area contributed by atoms with E-state index < -0.39 is 49.4 Å². The van der Waals surface area contributed by atoms with Crippen LogP contribution in [0.2, 0.25) is 118 Å². The Morgan fingerprint density at radius 2 is 0.300 bits per heavy atom. The van der Waals surface area contributed by atoms with E-state index >= 15 is 0 Å². The average Bonchev–Trinajstić information content (AvgIpc) is 1.96. The molecule has 3 nitrogen and oxygen atoms in total. The molecule has 168 valence electrons. The van der Waals surface area contributed by atoms with Crippen LogP contribution in [0.25, 0.3) is 13.9 Å². The van der Waals surface area contributed by atoms with E-state index in [1.165, 1.54) is 0 Å². The smallest absolute Gasteiger partial charge is 0.668 e. The van der Waals surface area contributed by atoms with Crippen LogP contribution >= 0.6 is 0 Å².